The quantitative estimate of drug-likeness (QED) is 0.654. The van der Waals surface area contributed by atoms with Crippen molar-refractivity contribution in [2.24, 2.45) is 0 Å². The van der Waals surface area contributed by atoms with Crippen LogP contribution in [0.4, 0.5) is 10.1 Å². The van der Waals surface area contributed by atoms with E-state index in [-0.39, 0.29) is 9.92 Å². The molecule has 0 amide bonds. The molecular weight excluding hydrogens is 252 g/mol. The number of anilines is 1. The van der Waals surface area contributed by atoms with Crippen LogP contribution >= 0.6 is 11.3 Å². The number of rotatable bonds is 5. The Kier molecular flexibility index (Phi) is 4.48. The fourth-order valence-electron chi connectivity index (χ4n) is 2.25. The smallest absolute Gasteiger partial charge is 0.344 e. The number of nitro groups is 1. The predicted molar refractivity (Wildman–Crippen MR) is 72.3 cm³/mol. The monoisotopic (exact) mass is 270 g/mol. The lowest BCUT2D eigenvalue weighted by molar-refractivity contribution is -0.380. The van der Waals surface area contributed by atoms with Crippen LogP contribution in [-0.4, -0.2) is 35.6 Å². The third-order valence-corrected chi connectivity index (χ3v) is 4.07. The Bertz CT molecular complexity index is 404. The zero-order valence-corrected chi connectivity index (χ0v) is 11.3. The zero-order chi connectivity index (χ0) is 13.0. The maximum Gasteiger partial charge on any atom is 0.345 e. The second-order valence-electron chi connectivity index (χ2n) is 4.43. The Balaban J connectivity index is 2.14. The van der Waals surface area contributed by atoms with Crippen LogP contribution in [-0.2, 0) is 0 Å². The van der Waals surface area contributed by atoms with Crippen molar-refractivity contribution in [2.45, 2.75) is 32.2 Å². The van der Waals surface area contributed by atoms with Crippen LogP contribution in [0, 0.1) is 10.1 Å². The van der Waals surface area contributed by atoms with Gasteiger partial charge in [-0.05, 0) is 37.1 Å². The van der Waals surface area contributed by atoms with Gasteiger partial charge in [0.2, 0.25) is 0 Å². The lowest BCUT2D eigenvalue weighted by Gasteiger charge is -2.34. The number of aromatic nitrogens is 1. The largest absolute Gasteiger partial charge is 0.345 e. The molecule has 2 rings (SSSR count). The molecule has 1 aromatic heterocycles. The average molecular weight is 270 g/mol. The highest BCUT2D eigenvalue weighted by Gasteiger charge is 2.24. The van der Waals surface area contributed by atoms with Gasteiger partial charge < -0.3 is 10.2 Å². The predicted octanol–water partition coefficient (Wildman–Crippen LogP) is 2.02. The number of nitrogens with one attached hydrogen (secondary N) is 1. The number of hydrogen-bond donors (Lipinski definition) is 1. The lowest BCUT2D eigenvalue weighted by atomic mass is 10.1. The van der Waals surface area contributed by atoms with E-state index in [1.54, 1.807) is 0 Å². The molecule has 0 bridgehead atoms. The van der Waals surface area contributed by atoms with Crippen molar-refractivity contribution in [1.29, 1.82) is 0 Å². The van der Waals surface area contributed by atoms with E-state index in [4.69, 9.17) is 0 Å². The van der Waals surface area contributed by atoms with Gasteiger partial charge in [-0.25, -0.2) is 4.98 Å². The van der Waals surface area contributed by atoms with E-state index in [2.05, 4.69) is 22.1 Å². The molecule has 0 aromatic carbocycles. The number of piperidine rings is 1. The average Bonchev–Trinajstić information content (AvgIpc) is 2.86. The maximum atomic E-state index is 10.7. The molecule has 0 aliphatic carbocycles. The molecule has 1 aliphatic heterocycles. The minimum absolute atomic E-state index is 0.120. The van der Waals surface area contributed by atoms with E-state index in [0.29, 0.717) is 6.04 Å². The fourth-order valence-corrected chi connectivity index (χ4v) is 3.08. The first-order valence-electron chi connectivity index (χ1n) is 6.30. The molecule has 1 N–H and O–H groups in total. The van der Waals surface area contributed by atoms with Gasteiger partial charge >= 0.3 is 5.00 Å². The van der Waals surface area contributed by atoms with Crippen LogP contribution < -0.4 is 10.2 Å². The van der Waals surface area contributed by atoms with Gasteiger partial charge in [0.15, 0.2) is 5.13 Å². The van der Waals surface area contributed by atoms with Gasteiger partial charge in [0.05, 0.1) is 4.92 Å². The molecule has 0 radical (unpaired) electrons. The van der Waals surface area contributed by atoms with Crippen LogP contribution in [0.5, 0.6) is 0 Å². The summed E-state index contributed by atoms with van der Waals surface area (Å²) < 4.78 is 0. The van der Waals surface area contributed by atoms with Crippen LogP contribution in [0.15, 0.2) is 6.20 Å². The minimum atomic E-state index is -0.371. The zero-order valence-electron chi connectivity index (χ0n) is 10.5. The fraction of sp³-hybridized carbons (Fsp3) is 0.727. The third-order valence-electron chi connectivity index (χ3n) is 3.08. The summed E-state index contributed by atoms with van der Waals surface area (Å²) in [5, 5.41) is 15.0. The first-order valence-corrected chi connectivity index (χ1v) is 7.11. The highest BCUT2D eigenvalue weighted by atomic mass is 32.1. The first kappa shape index (κ1) is 13.2. The second-order valence-corrected chi connectivity index (χ2v) is 5.42. The lowest BCUT2D eigenvalue weighted by Crippen LogP contribution is -2.46. The van der Waals surface area contributed by atoms with Crippen molar-refractivity contribution in [3.05, 3.63) is 16.3 Å². The molecule has 0 spiro atoms. The van der Waals surface area contributed by atoms with Crippen molar-refractivity contribution >= 4 is 21.5 Å². The van der Waals surface area contributed by atoms with Crippen molar-refractivity contribution in [2.75, 3.05) is 24.5 Å². The highest BCUT2D eigenvalue weighted by Crippen LogP contribution is 2.30. The standard InChI is InChI=1S/C11H18N4O2S/c1-2-6-14(9-4-3-5-12-7-9)11-13-8-10(18-11)15(16)17/h8-9,12H,2-7H2,1H3. The number of hydrogen-bond acceptors (Lipinski definition) is 6. The molecule has 7 heteroatoms. The summed E-state index contributed by atoms with van der Waals surface area (Å²) in [6.45, 7) is 5.02. The molecule has 18 heavy (non-hydrogen) atoms. The van der Waals surface area contributed by atoms with E-state index in [0.717, 1.165) is 44.0 Å². The summed E-state index contributed by atoms with van der Waals surface area (Å²) in [6.07, 6.45) is 4.65. The molecule has 6 nitrogen and oxygen atoms in total. The molecule has 0 saturated carbocycles. The normalized spacial score (nSPS) is 19.7. The van der Waals surface area contributed by atoms with Gasteiger partial charge in [-0.3, -0.25) is 10.1 Å². The Morgan fingerprint density at radius 1 is 1.72 bits per heavy atom. The van der Waals surface area contributed by atoms with Crippen LogP contribution in [0.1, 0.15) is 26.2 Å². The van der Waals surface area contributed by atoms with E-state index >= 15 is 0 Å². The van der Waals surface area contributed by atoms with Gasteiger partial charge in [-0.2, -0.15) is 0 Å². The topological polar surface area (TPSA) is 71.3 Å². The molecule has 1 aromatic rings. The van der Waals surface area contributed by atoms with E-state index in [9.17, 15) is 10.1 Å². The summed E-state index contributed by atoms with van der Waals surface area (Å²) in [6, 6.07) is 0.407. The molecule has 1 fully saturated rings. The van der Waals surface area contributed by atoms with Crippen molar-refractivity contribution in [1.82, 2.24) is 10.3 Å². The van der Waals surface area contributed by atoms with E-state index < -0.39 is 0 Å². The van der Waals surface area contributed by atoms with Crippen molar-refractivity contribution in [3.63, 3.8) is 0 Å². The molecule has 1 atom stereocenters. The van der Waals surface area contributed by atoms with E-state index in [1.165, 1.54) is 17.5 Å². The van der Waals surface area contributed by atoms with Crippen LogP contribution in [0.25, 0.3) is 0 Å². The van der Waals surface area contributed by atoms with Gasteiger partial charge in [0.25, 0.3) is 0 Å². The van der Waals surface area contributed by atoms with Crippen molar-refractivity contribution < 1.29 is 4.92 Å². The number of thiazole rings is 1. The van der Waals surface area contributed by atoms with Crippen LogP contribution in [0.3, 0.4) is 0 Å². The molecule has 1 aliphatic rings. The maximum absolute atomic E-state index is 10.7. The Labute approximate surface area is 110 Å². The first-order chi connectivity index (χ1) is 8.72. The molecule has 100 valence electrons. The van der Waals surface area contributed by atoms with Gasteiger partial charge in [0, 0.05) is 19.1 Å². The summed E-state index contributed by atoms with van der Waals surface area (Å²) in [5.74, 6) is 0. The van der Waals surface area contributed by atoms with Crippen molar-refractivity contribution in [3.8, 4) is 0 Å². The summed E-state index contributed by atoms with van der Waals surface area (Å²) in [5.41, 5.74) is 0. The molecule has 1 unspecified atom stereocenters. The highest BCUT2D eigenvalue weighted by molar-refractivity contribution is 7.18. The van der Waals surface area contributed by atoms with Gasteiger partial charge in [-0.1, -0.05) is 6.92 Å². The van der Waals surface area contributed by atoms with Crippen LogP contribution in [0.2, 0.25) is 0 Å². The van der Waals surface area contributed by atoms with Gasteiger partial charge in [-0.15, -0.1) is 0 Å². The molecule has 1 saturated heterocycles. The molecular formula is C11H18N4O2S. The van der Waals surface area contributed by atoms with E-state index in [1.807, 2.05) is 0 Å². The number of nitrogens with zero attached hydrogens (tertiary/aromatic N) is 3. The summed E-state index contributed by atoms with van der Waals surface area (Å²) >= 11 is 1.17. The molecule has 2 heterocycles. The second kappa shape index (κ2) is 6.10. The SMILES string of the molecule is CCCN(c1ncc([N+](=O)[O-])s1)C1CCCNC1. The third kappa shape index (κ3) is 2.97. The Hall–Kier alpha value is -1.21. The Morgan fingerprint density at radius 2 is 2.56 bits per heavy atom. The summed E-state index contributed by atoms with van der Waals surface area (Å²) in [7, 11) is 0. The Morgan fingerprint density at radius 3 is 3.11 bits per heavy atom. The van der Waals surface area contributed by atoms with Gasteiger partial charge in [0.1, 0.15) is 6.20 Å². The summed E-state index contributed by atoms with van der Waals surface area (Å²) in [4.78, 5) is 16.8. The minimum Gasteiger partial charge on any atom is -0.344 e.